The van der Waals surface area contributed by atoms with Gasteiger partial charge in [0.15, 0.2) is 0 Å². The first-order chi connectivity index (χ1) is 20.6. The number of benzene rings is 3. The van der Waals surface area contributed by atoms with Crippen LogP contribution in [0.5, 0.6) is 5.75 Å². The second kappa shape index (κ2) is 11.3. The Morgan fingerprint density at radius 2 is 1.68 bits per heavy atom. The molecule has 0 saturated heterocycles. The van der Waals surface area contributed by atoms with Gasteiger partial charge < -0.3 is 14.3 Å². The summed E-state index contributed by atoms with van der Waals surface area (Å²) < 4.78 is 121. The van der Waals surface area contributed by atoms with Crippen LogP contribution in [0.1, 0.15) is 24.0 Å². The molecular weight excluding hydrogens is 644 g/mol. The molecule has 0 bridgehead atoms. The molecule has 2 heterocycles. The van der Waals surface area contributed by atoms with Gasteiger partial charge in [-0.3, -0.25) is 9.10 Å². The molecule has 0 saturated carbocycles. The number of aromatic nitrogens is 2. The molecule has 5 rings (SSSR count). The van der Waals surface area contributed by atoms with Crippen LogP contribution < -0.4 is 9.04 Å². The molecule has 0 radical (unpaired) electrons. The molecule has 1 atom stereocenters. The Balaban J connectivity index is 1.58. The lowest BCUT2D eigenvalue weighted by molar-refractivity contribution is -0.138. The summed E-state index contributed by atoms with van der Waals surface area (Å²) >= 11 is 6.02. The number of anilines is 1. The first kappa shape index (κ1) is 31.1. The summed E-state index contributed by atoms with van der Waals surface area (Å²) in [5, 5.41) is 16.2. The van der Waals surface area contributed by atoms with Crippen LogP contribution in [-0.4, -0.2) is 42.3 Å². The number of rotatable bonds is 7. The third kappa shape index (κ3) is 6.17. The molecule has 9 nitrogen and oxygen atoms in total. The second-order valence-electron chi connectivity index (χ2n) is 9.49. The maximum absolute atomic E-state index is 13.7. The molecule has 1 aliphatic heterocycles. The molecule has 44 heavy (non-hydrogen) atoms. The molecule has 0 amide bonds. The molecule has 1 aliphatic rings. The molecular formula is C27H18ClF6N3O6S. The van der Waals surface area contributed by atoms with Crippen molar-refractivity contribution in [3.05, 3.63) is 76.8 Å². The fourth-order valence-corrected chi connectivity index (χ4v) is 6.29. The number of sulfonamides is 1. The van der Waals surface area contributed by atoms with Gasteiger partial charge in [-0.2, -0.15) is 26.3 Å². The molecule has 17 heteroatoms. The lowest BCUT2D eigenvalue weighted by Crippen LogP contribution is -2.43. The number of nitrogens with zero attached hydrogens (tertiary/aromatic N) is 3. The van der Waals surface area contributed by atoms with Crippen molar-refractivity contribution in [2.75, 3.05) is 10.8 Å². The standard InChI is InChI=1S/C27H18ClF6N3O6S/c28-19-6-2-5-18(27(32,33)34)23(19)25-36-35-24(43-25)14-7-9-21-20(11-14)37(13-16(42-21)8-10-22(38)39)44(40,41)17-4-1-3-15(12-17)26(29,30)31/h1-7,9,11-12,16H,8,10,13H2,(H,38,39)/t16-/m0/s1. The average Bonchev–Trinajstić information content (AvgIpc) is 3.44. The van der Waals surface area contributed by atoms with E-state index < -0.39 is 68.5 Å². The number of aliphatic carboxylic acids is 1. The highest BCUT2D eigenvalue weighted by Crippen LogP contribution is 2.43. The molecule has 0 spiro atoms. The second-order valence-corrected chi connectivity index (χ2v) is 11.8. The third-order valence-electron chi connectivity index (χ3n) is 6.53. The molecule has 1 aromatic heterocycles. The van der Waals surface area contributed by atoms with Crippen molar-refractivity contribution < 1.29 is 53.8 Å². The van der Waals surface area contributed by atoms with Gasteiger partial charge >= 0.3 is 18.3 Å². The predicted molar refractivity (Wildman–Crippen MR) is 142 cm³/mol. The van der Waals surface area contributed by atoms with Crippen molar-refractivity contribution in [1.82, 2.24) is 10.2 Å². The van der Waals surface area contributed by atoms with E-state index in [1.54, 1.807) is 0 Å². The normalized spacial score (nSPS) is 15.5. The molecule has 3 aromatic carbocycles. The van der Waals surface area contributed by atoms with E-state index in [4.69, 9.17) is 25.9 Å². The monoisotopic (exact) mass is 661 g/mol. The van der Waals surface area contributed by atoms with E-state index in [-0.39, 0.29) is 40.8 Å². The Kier molecular flexibility index (Phi) is 8.01. The predicted octanol–water partition coefficient (Wildman–Crippen LogP) is 6.92. The zero-order valence-corrected chi connectivity index (χ0v) is 23.4. The number of hydrogen-bond acceptors (Lipinski definition) is 7. The zero-order chi connectivity index (χ0) is 32.0. The third-order valence-corrected chi connectivity index (χ3v) is 8.62. The van der Waals surface area contributed by atoms with Crippen molar-refractivity contribution >= 4 is 33.3 Å². The first-order valence-corrected chi connectivity index (χ1v) is 14.3. The highest BCUT2D eigenvalue weighted by atomic mass is 35.5. The summed E-state index contributed by atoms with van der Waals surface area (Å²) in [5.41, 5.74) is -3.05. The molecule has 0 aliphatic carbocycles. The number of carboxylic acid groups (broad SMARTS) is 1. The molecule has 0 unspecified atom stereocenters. The minimum atomic E-state index is -4.84. The number of alkyl halides is 6. The van der Waals surface area contributed by atoms with Crippen molar-refractivity contribution in [2.24, 2.45) is 0 Å². The van der Waals surface area contributed by atoms with Crippen molar-refractivity contribution in [1.29, 1.82) is 0 Å². The van der Waals surface area contributed by atoms with E-state index in [0.717, 1.165) is 28.6 Å². The Morgan fingerprint density at radius 1 is 0.977 bits per heavy atom. The highest BCUT2D eigenvalue weighted by molar-refractivity contribution is 7.92. The van der Waals surface area contributed by atoms with E-state index in [1.807, 2.05) is 0 Å². The number of carboxylic acids is 1. The van der Waals surface area contributed by atoms with Crippen LogP contribution in [0, 0.1) is 0 Å². The van der Waals surface area contributed by atoms with Gasteiger partial charge in [0.05, 0.1) is 38.8 Å². The molecule has 0 fully saturated rings. The number of carbonyl (C=O) groups is 1. The molecule has 232 valence electrons. The van der Waals surface area contributed by atoms with Gasteiger partial charge in [0.2, 0.25) is 11.8 Å². The SMILES string of the molecule is O=C(O)CC[C@H]1CN(S(=O)(=O)c2cccc(C(F)(F)F)c2)c2cc(-c3nnc(-c4c(Cl)cccc4C(F)(F)F)o3)ccc2O1. The Bertz CT molecular complexity index is 1840. The van der Waals surface area contributed by atoms with Crippen LogP contribution in [0.3, 0.4) is 0 Å². The van der Waals surface area contributed by atoms with E-state index in [9.17, 15) is 39.6 Å². The smallest absolute Gasteiger partial charge is 0.417 e. The van der Waals surface area contributed by atoms with Crippen LogP contribution in [0.4, 0.5) is 32.0 Å². The summed E-state index contributed by atoms with van der Waals surface area (Å²) in [6, 6.07) is 9.96. The lowest BCUT2D eigenvalue weighted by Gasteiger charge is -2.35. The van der Waals surface area contributed by atoms with Gasteiger partial charge in [0.25, 0.3) is 10.0 Å². The van der Waals surface area contributed by atoms with Crippen LogP contribution in [0.2, 0.25) is 5.02 Å². The largest absolute Gasteiger partial charge is 0.486 e. The van der Waals surface area contributed by atoms with Gasteiger partial charge in [-0.1, -0.05) is 23.7 Å². The van der Waals surface area contributed by atoms with Crippen molar-refractivity contribution in [3.8, 4) is 28.7 Å². The van der Waals surface area contributed by atoms with Crippen LogP contribution >= 0.6 is 11.6 Å². The van der Waals surface area contributed by atoms with E-state index >= 15 is 0 Å². The van der Waals surface area contributed by atoms with Gasteiger partial charge in [0, 0.05) is 12.0 Å². The Morgan fingerprint density at radius 3 is 2.36 bits per heavy atom. The van der Waals surface area contributed by atoms with Gasteiger partial charge in [-0.25, -0.2) is 8.42 Å². The summed E-state index contributed by atoms with van der Waals surface area (Å²) in [6.07, 6.45) is -11.1. The fraction of sp³-hybridized carbons (Fsp3) is 0.222. The number of fused-ring (bicyclic) bond motifs is 1. The number of hydrogen-bond donors (Lipinski definition) is 1. The van der Waals surface area contributed by atoms with Crippen LogP contribution in [0.25, 0.3) is 22.9 Å². The van der Waals surface area contributed by atoms with Crippen LogP contribution in [-0.2, 0) is 27.2 Å². The maximum atomic E-state index is 13.7. The molecule has 4 aromatic rings. The summed E-state index contributed by atoms with van der Waals surface area (Å²) in [6.45, 7) is -0.466. The number of ether oxygens (including phenoxy) is 1. The fourth-order valence-electron chi connectivity index (χ4n) is 4.49. The highest BCUT2D eigenvalue weighted by Gasteiger charge is 2.38. The van der Waals surface area contributed by atoms with Crippen molar-refractivity contribution in [2.45, 2.75) is 36.2 Å². The zero-order valence-electron chi connectivity index (χ0n) is 21.9. The lowest BCUT2D eigenvalue weighted by atomic mass is 10.1. The minimum absolute atomic E-state index is 0.0277. The Labute approximate surface area is 249 Å². The van der Waals surface area contributed by atoms with Crippen LogP contribution in [0.15, 0.2) is 70.0 Å². The van der Waals surface area contributed by atoms with E-state index in [0.29, 0.717) is 12.1 Å². The quantitative estimate of drug-likeness (QED) is 0.212. The summed E-state index contributed by atoms with van der Waals surface area (Å²) in [4.78, 5) is 10.4. The first-order valence-electron chi connectivity index (χ1n) is 12.5. The summed E-state index contributed by atoms with van der Waals surface area (Å²) in [7, 11) is -4.70. The topological polar surface area (TPSA) is 123 Å². The number of halogens is 7. The average molecular weight is 662 g/mol. The minimum Gasteiger partial charge on any atom is -0.486 e. The van der Waals surface area contributed by atoms with E-state index in [1.165, 1.54) is 24.3 Å². The summed E-state index contributed by atoms with van der Waals surface area (Å²) in [5.74, 6) is -2.15. The Hall–Kier alpha value is -4.31. The van der Waals surface area contributed by atoms with Gasteiger partial charge in [-0.15, -0.1) is 10.2 Å². The van der Waals surface area contributed by atoms with Crippen molar-refractivity contribution in [3.63, 3.8) is 0 Å². The van der Waals surface area contributed by atoms with Gasteiger partial charge in [0.1, 0.15) is 11.9 Å². The maximum Gasteiger partial charge on any atom is 0.417 e. The van der Waals surface area contributed by atoms with Gasteiger partial charge in [-0.05, 0) is 55.0 Å². The molecule has 1 N–H and O–H groups in total. The van der Waals surface area contributed by atoms with E-state index in [2.05, 4.69) is 10.2 Å².